The van der Waals surface area contributed by atoms with Crippen LogP contribution in [0.4, 0.5) is 11.6 Å². The smallest absolute Gasteiger partial charge is 0.220 e. The van der Waals surface area contributed by atoms with Crippen LogP contribution >= 0.6 is 0 Å². The monoisotopic (exact) mass is 308 g/mol. The van der Waals surface area contributed by atoms with Crippen LogP contribution < -0.4 is 10.6 Å². The van der Waals surface area contributed by atoms with E-state index in [1.54, 1.807) is 6.20 Å². The minimum Gasteiger partial charge on any atom is -0.371 e. The van der Waals surface area contributed by atoms with Crippen LogP contribution in [0.3, 0.4) is 0 Å². The average Bonchev–Trinajstić information content (AvgIpc) is 2.82. The molecule has 1 aliphatic rings. The molecule has 0 atom stereocenters. The maximum atomic E-state index is 5.75. The van der Waals surface area contributed by atoms with Crippen molar-refractivity contribution in [1.82, 2.24) is 19.9 Å². The van der Waals surface area contributed by atoms with Gasteiger partial charge < -0.3 is 15.6 Å². The fourth-order valence-electron chi connectivity index (χ4n) is 3.34. The number of aromatic nitrogens is 4. The normalized spacial score (nSPS) is 15.7. The van der Waals surface area contributed by atoms with Crippen molar-refractivity contribution >= 4 is 22.7 Å². The minimum absolute atomic E-state index is 0.289. The lowest BCUT2D eigenvalue weighted by molar-refractivity contribution is 0.726. The van der Waals surface area contributed by atoms with Gasteiger partial charge >= 0.3 is 0 Å². The van der Waals surface area contributed by atoms with E-state index in [0.29, 0.717) is 0 Å². The second-order valence-electron chi connectivity index (χ2n) is 5.96. The zero-order valence-corrected chi connectivity index (χ0v) is 13.0. The Balaban J connectivity index is 1.86. The van der Waals surface area contributed by atoms with E-state index in [9.17, 15) is 0 Å². The highest BCUT2D eigenvalue weighted by molar-refractivity contribution is 6.01. The van der Waals surface area contributed by atoms with Crippen LogP contribution in [0.5, 0.6) is 0 Å². The van der Waals surface area contributed by atoms with Crippen LogP contribution in [0, 0.1) is 0 Å². The van der Waals surface area contributed by atoms with Crippen molar-refractivity contribution in [1.29, 1.82) is 0 Å². The van der Waals surface area contributed by atoms with E-state index in [2.05, 4.69) is 30.9 Å². The van der Waals surface area contributed by atoms with Gasteiger partial charge in [-0.2, -0.15) is 0 Å². The number of H-pyrrole nitrogens is 1. The van der Waals surface area contributed by atoms with Gasteiger partial charge in [-0.15, -0.1) is 0 Å². The summed E-state index contributed by atoms with van der Waals surface area (Å²) in [5, 5.41) is 1.12. The molecule has 0 saturated carbocycles. The SMILES string of the molecule is Nc1nccc(-c2c[nH]c3nccc(N4CCCCCC4)c23)n1. The predicted octanol–water partition coefficient (Wildman–Crippen LogP) is 2.98. The number of aromatic amines is 1. The van der Waals surface area contributed by atoms with Crippen LogP contribution in [0.1, 0.15) is 25.7 Å². The van der Waals surface area contributed by atoms with Crippen LogP contribution in [0.15, 0.2) is 30.7 Å². The van der Waals surface area contributed by atoms with Crippen molar-refractivity contribution in [2.45, 2.75) is 25.7 Å². The molecule has 4 heterocycles. The molecule has 6 nitrogen and oxygen atoms in total. The second kappa shape index (κ2) is 5.87. The first kappa shape index (κ1) is 14.0. The van der Waals surface area contributed by atoms with E-state index in [0.717, 1.165) is 35.4 Å². The van der Waals surface area contributed by atoms with Crippen molar-refractivity contribution in [2.75, 3.05) is 23.7 Å². The van der Waals surface area contributed by atoms with Crippen molar-refractivity contribution in [3.8, 4) is 11.3 Å². The molecule has 1 aliphatic heterocycles. The molecule has 23 heavy (non-hydrogen) atoms. The fourth-order valence-corrected chi connectivity index (χ4v) is 3.34. The molecule has 1 fully saturated rings. The van der Waals surface area contributed by atoms with E-state index >= 15 is 0 Å². The van der Waals surface area contributed by atoms with Gasteiger partial charge in [0.2, 0.25) is 5.95 Å². The average molecular weight is 308 g/mol. The summed E-state index contributed by atoms with van der Waals surface area (Å²) >= 11 is 0. The number of anilines is 2. The Kier molecular flexibility index (Phi) is 3.57. The van der Waals surface area contributed by atoms with Gasteiger partial charge in [-0.1, -0.05) is 12.8 Å². The summed E-state index contributed by atoms with van der Waals surface area (Å²) in [5.74, 6) is 0.289. The third-order valence-corrected chi connectivity index (χ3v) is 4.45. The molecule has 0 aromatic carbocycles. The van der Waals surface area contributed by atoms with Gasteiger partial charge in [0.05, 0.1) is 11.1 Å². The predicted molar refractivity (Wildman–Crippen MR) is 92.2 cm³/mol. The fraction of sp³-hybridized carbons (Fsp3) is 0.353. The van der Waals surface area contributed by atoms with Gasteiger partial charge in [-0.3, -0.25) is 0 Å². The van der Waals surface area contributed by atoms with E-state index in [4.69, 9.17) is 5.73 Å². The standard InChI is InChI=1S/C17H20N6/c18-17-20-7-5-13(22-17)12-11-21-16-15(12)14(6-8-19-16)23-9-3-1-2-4-10-23/h5-8,11H,1-4,9-10H2,(H,19,21)(H2,18,20,22). The summed E-state index contributed by atoms with van der Waals surface area (Å²) < 4.78 is 0. The Bertz CT molecular complexity index is 817. The highest BCUT2D eigenvalue weighted by Gasteiger charge is 2.18. The molecular formula is C17H20N6. The van der Waals surface area contributed by atoms with Gasteiger partial charge in [0.25, 0.3) is 0 Å². The minimum atomic E-state index is 0.289. The molecule has 0 spiro atoms. The van der Waals surface area contributed by atoms with Crippen LogP contribution in [-0.4, -0.2) is 33.0 Å². The molecule has 0 bridgehead atoms. The first-order valence-electron chi connectivity index (χ1n) is 8.13. The first-order valence-corrected chi connectivity index (χ1v) is 8.13. The zero-order chi connectivity index (χ0) is 15.6. The first-order chi connectivity index (χ1) is 11.3. The van der Waals surface area contributed by atoms with E-state index in [-0.39, 0.29) is 5.95 Å². The summed E-state index contributed by atoms with van der Waals surface area (Å²) in [6.07, 6.45) is 10.6. The lowest BCUT2D eigenvalue weighted by atomic mass is 10.1. The molecule has 4 rings (SSSR count). The molecule has 0 unspecified atom stereocenters. The summed E-state index contributed by atoms with van der Waals surface area (Å²) in [7, 11) is 0. The Morgan fingerprint density at radius 1 is 1.00 bits per heavy atom. The molecule has 6 heteroatoms. The van der Waals surface area contributed by atoms with E-state index in [1.807, 2.05) is 18.5 Å². The largest absolute Gasteiger partial charge is 0.371 e. The van der Waals surface area contributed by atoms with Gasteiger partial charge in [0, 0.05) is 42.9 Å². The number of hydrogen-bond donors (Lipinski definition) is 2. The maximum Gasteiger partial charge on any atom is 0.220 e. The zero-order valence-electron chi connectivity index (χ0n) is 13.0. The van der Waals surface area contributed by atoms with Gasteiger partial charge in [-0.25, -0.2) is 15.0 Å². The number of pyridine rings is 1. The molecule has 118 valence electrons. The van der Waals surface area contributed by atoms with Crippen LogP contribution in [-0.2, 0) is 0 Å². The van der Waals surface area contributed by atoms with E-state index in [1.165, 1.54) is 31.4 Å². The summed E-state index contributed by atoms with van der Waals surface area (Å²) in [5.41, 5.74) is 9.72. The number of nitrogens with one attached hydrogen (secondary N) is 1. The Morgan fingerprint density at radius 2 is 1.78 bits per heavy atom. The molecule has 3 N–H and O–H groups in total. The highest BCUT2D eigenvalue weighted by Crippen LogP contribution is 2.35. The second-order valence-corrected chi connectivity index (χ2v) is 5.96. The summed E-state index contributed by atoms with van der Waals surface area (Å²) in [6.45, 7) is 2.19. The number of nitrogens with two attached hydrogens (primary N) is 1. The van der Waals surface area contributed by atoms with Crippen molar-refractivity contribution < 1.29 is 0 Å². The van der Waals surface area contributed by atoms with Crippen molar-refractivity contribution in [2.24, 2.45) is 0 Å². The number of fused-ring (bicyclic) bond motifs is 1. The van der Waals surface area contributed by atoms with Gasteiger partial charge in [0.15, 0.2) is 0 Å². The molecular weight excluding hydrogens is 288 g/mol. The summed E-state index contributed by atoms with van der Waals surface area (Å²) in [4.78, 5) is 18.6. The number of hydrogen-bond acceptors (Lipinski definition) is 5. The summed E-state index contributed by atoms with van der Waals surface area (Å²) in [6, 6.07) is 3.99. The third kappa shape index (κ3) is 2.60. The Labute approximate surface area is 134 Å². The van der Waals surface area contributed by atoms with Crippen LogP contribution in [0.2, 0.25) is 0 Å². The third-order valence-electron chi connectivity index (χ3n) is 4.45. The number of rotatable bonds is 2. The topological polar surface area (TPSA) is 83.7 Å². The highest BCUT2D eigenvalue weighted by atomic mass is 15.1. The quantitative estimate of drug-likeness (QED) is 0.760. The Hall–Kier alpha value is -2.63. The van der Waals surface area contributed by atoms with E-state index < -0.39 is 0 Å². The maximum absolute atomic E-state index is 5.75. The van der Waals surface area contributed by atoms with Gasteiger partial charge in [-0.05, 0) is 25.0 Å². The van der Waals surface area contributed by atoms with Crippen molar-refractivity contribution in [3.05, 3.63) is 30.7 Å². The lowest BCUT2D eigenvalue weighted by Gasteiger charge is -2.23. The molecule has 3 aromatic rings. The van der Waals surface area contributed by atoms with Gasteiger partial charge in [0.1, 0.15) is 5.65 Å². The molecule has 1 saturated heterocycles. The lowest BCUT2D eigenvalue weighted by Crippen LogP contribution is -2.24. The van der Waals surface area contributed by atoms with Crippen LogP contribution in [0.25, 0.3) is 22.3 Å². The molecule has 0 aliphatic carbocycles. The molecule has 3 aromatic heterocycles. The molecule has 0 amide bonds. The number of nitrogen functional groups attached to an aromatic ring is 1. The molecule has 0 radical (unpaired) electrons. The Morgan fingerprint density at radius 3 is 2.57 bits per heavy atom. The van der Waals surface area contributed by atoms with Crippen molar-refractivity contribution in [3.63, 3.8) is 0 Å². The number of nitrogens with zero attached hydrogens (tertiary/aromatic N) is 4.